The van der Waals surface area contributed by atoms with Gasteiger partial charge in [-0.15, -0.1) is 0 Å². The minimum absolute atomic E-state index is 0.00366. The predicted octanol–water partition coefficient (Wildman–Crippen LogP) is 4.92. The molecule has 0 saturated heterocycles. The van der Waals surface area contributed by atoms with Crippen LogP contribution in [0.1, 0.15) is 63.9 Å². The molecule has 2 heterocycles. The van der Waals surface area contributed by atoms with E-state index in [1.807, 2.05) is 35.9 Å². The zero-order chi connectivity index (χ0) is 26.5. The molecule has 3 N–H and O–H groups in total. The maximum atomic E-state index is 13.9. The Labute approximate surface area is 217 Å². The van der Waals surface area contributed by atoms with Crippen LogP contribution in [0.15, 0.2) is 48.8 Å². The Morgan fingerprint density at radius 1 is 1.16 bits per heavy atom. The standard InChI is InChI=1S/C29H36FN5O2/c1-4-23(21-12-14-33-25(16-21)35-15-13-19-10-11-22(30)17-24(19)35)26(31)28(36)27(20-8-6-5-7-9-20)34-29(37)18(2)32-3/h10-18,20,23,27,31-32H,4-9H2,1-3H3,(H,34,37)/t18-,23-,27-/m0/s1. The molecule has 1 fully saturated rings. The molecule has 0 bridgehead atoms. The number of carbonyl (C=O) groups is 2. The summed E-state index contributed by atoms with van der Waals surface area (Å²) in [4.78, 5) is 31.0. The second-order valence-electron chi connectivity index (χ2n) is 9.97. The highest BCUT2D eigenvalue weighted by molar-refractivity contribution is 6.42. The molecule has 196 valence electrons. The summed E-state index contributed by atoms with van der Waals surface area (Å²) in [7, 11) is 1.71. The van der Waals surface area contributed by atoms with Crippen LogP contribution in [-0.2, 0) is 9.59 Å². The molecule has 0 radical (unpaired) electrons. The van der Waals surface area contributed by atoms with Crippen LogP contribution >= 0.6 is 0 Å². The first-order chi connectivity index (χ1) is 17.8. The van der Waals surface area contributed by atoms with Gasteiger partial charge >= 0.3 is 0 Å². The minimum Gasteiger partial charge on any atom is -0.344 e. The number of hydrogen-bond donors (Lipinski definition) is 3. The van der Waals surface area contributed by atoms with Crippen LogP contribution in [0.2, 0.25) is 0 Å². The summed E-state index contributed by atoms with van der Waals surface area (Å²) in [6.07, 6.45) is 8.96. The van der Waals surface area contributed by atoms with Gasteiger partial charge in [0.15, 0.2) is 5.78 Å². The SMILES string of the molecule is CC[C@H](C(=N)C(=O)[C@@H](NC(=O)[C@H](C)NC)C1CCCCC1)c1ccnc(-n2ccc3ccc(F)cc32)c1. The molecular weight excluding hydrogens is 469 g/mol. The third kappa shape index (κ3) is 5.80. The van der Waals surface area contributed by atoms with E-state index in [2.05, 4.69) is 15.6 Å². The second kappa shape index (κ2) is 11.8. The number of rotatable bonds is 10. The normalized spacial score (nSPS) is 16.8. The van der Waals surface area contributed by atoms with E-state index in [9.17, 15) is 14.0 Å². The number of Topliss-reactive ketones (excluding diaryl/α,β-unsaturated/α-hetero) is 1. The summed E-state index contributed by atoms with van der Waals surface area (Å²) in [5, 5.41) is 15.7. The summed E-state index contributed by atoms with van der Waals surface area (Å²) in [5.41, 5.74) is 1.49. The number of benzene rings is 1. The fourth-order valence-electron chi connectivity index (χ4n) is 5.30. The number of nitrogens with one attached hydrogen (secondary N) is 3. The van der Waals surface area contributed by atoms with Gasteiger partial charge in [0.25, 0.3) is 0 Å². The topological polar surface area (TPSA) is 99.9 Å². The minimum atomic E-state index is -0.706. The van der Waals surface area contributed by atoms with Crippen LogP contribution in [0.5, 0.6) is 0 Å². The third-order valence-corrected chi connectivity index (χ3v) is 7.62. The first-order valence-electron chi connectivity index (χ1n) is 13.2. The number of nitrogens with zero attached hydrogens (tertiary/aromatic N) is 2. The van der Waals surface area contributed by atoms with Crippen LogP contribution in [0.3, 0.4) is 0 Å². The summed E-state index contributed by atoms with van der Waals surface area (Å²) in [5.74, 6) is -0.700. The number of amides is 1. The first-order valence-corrected chi connectivity index (χ1v) is 13.2. The molecule has 1 aliphatic carbocycles. The van der Waals surface area contributed by atoms with E-state index in [1.165, 1.54) is 12.1 Å². The van der Waals surface area contributed by atoms with Gasteiger partial charge in [-0.2, -0.15) is 0 Å². The molecule has 37 heavy (non-hydrogen) atoms. The maximum absolute atomic E-state index is 13.9. The molecule has 1 saturated carbocycles. The van der Waals surface area contributed by atoms with Crippen molar-refractivity contribution >= 4 is 28.3 Å². The number of halogens is 1. The van der Waals surface area contributed by atoms with E-state index in [0.29, 0.717) is 17.8 Å². The Morgan fingerprint density at radius 2 is 1.92 bits per heavy atom. The van der Waals surface area contributed by atoms with Gasteiger partial charge in [0.2, 0.25) is 5.91 Å². The Morgan fingerprint density at radius 3 is 2.62 bits per heavy atom. The van der Waals surface area contributed by atoms with Crippen LogP contribution in [0.4, 0.5) is 4.39 Å². The van der Waals surface area contributed by atoms with Crippen molar-refractivity contribution in [3.8, 4) is 5.82 Å². The lowest BCUT2D eigenvalue weighted by atomic mass is 9.78. The van der Waals surface area contributed by atoms with Gasteiger partial charge in [-0.3, -0.25) is 9.59 Å². The average Bonchev–Trinajstić information content (AvgIpc) is 3.34. The van der Waals surface area contributed by atoms with Gasteiger partial charge < -0.3 is 20.6 Å². The number of fused-ring (bicyclic) bond motifs is 1. The van der Waals surface area contributed by atoms with Crippen LogP contribution in [0.25, 0.3) is 16.7 Å². The predicted molar refractivity (Wildman–Crippen MR) is 144 cm³/mol. The Hall–Kier alpha value is -3.39. The van der Waals surface area contributed by atoms with Crippen molar-refractivity contribution in [1.29, 1.82) is 5.41 Å². The highest BCUT2D eigenvalue weighted by atomic mass is 19.1. The fraction of sp³-hybridized carbons (Fsp3) is 0.448. The molecule has 1 aliphatic rings. The quantitative estimate of drug-likeness (QED) is 0.341. The van der Waals surface area contributed by atoms with Crippen molar-refractivity contribution in [2.24, 2.45) is 5.92 Å². The fourth-order valence-corrected chi connectivity index (χ4v) is 5.30. The van der Waals surface area contributed by atoms with Gasteiger partial charge in [0, 0.05) is 23.7 Å². The van der Waals surface area contributed by atoms with Crippen LogP contribution in [-0.4, -0.2) is 46.1 Å². The van der Waals surface area contributed by atoms with E-state index < -0.39 is 18.0 Å². The molecular formula is C29H36FN5O2. The van der Waals surface area contributed by atoms with Crippen LogP contribution < -0.4 is 10.6 Å². The van der Waals surface area contributed by atoms with Gasteiger partial charge in [-0.25, -0.2) is 9.37 Å². The monoisotopic (exact) mass is 505 g/mol. The Kier molecular flexibility index (Phi) is 8.48. The number of ketones is 1. The molecule has 1 aromatic carbocycles. The van der Waals surface area contributed by atoms with E-state index in [0.717, 1.165) is 43.1 Å². The molecule has 0 aliphatic heterocycles. The molecule has 3 aromatic rings. The molecule has 8 heteroatoms. The van der Waals surface area contributed by atoms with E-state index in [4.69, 9.17) is 5.41 Å². The van der Waals surface area contributed by atoms with Gasteiger partial charge in [-0.05, 0) is 81.1 Å². The number of aromatic nitrogens is 2. The summed E-state index contributed by atoms with van der Waals surface area (Å²) >= 11 is 0. The lowest BCUT2D eigenvalue weighted by Crippen LogP contribution is -2.53. The second-order valence-corrected chi connectivity index (χ2v) is 9.97. The smallest absolute Gasteiger partial charge is 0.237 e. The molecule has 4 rings (SSSR count). The van der Waals surface area contributed by atoms with Gasteiger partial charge in [-0.1, -0.05) is 26.2 Å². The molecule has 2 aromatic heterocycles. The number of pyridine rings is 1. The van der Waals surface area contributed by atoms with Crippen molar-refractivity contribution in [2.45, 2.75) is 70.4 Å². The summed E-state index contributed by atoms with van der Waals surface area (Å²) in [6.45, 7) is 3.71. The summed E-state index contributed by atoms with van der Waals surface area (Å²) in [6, 6.07) is 9.06. The van der Waals surface area contributed by atoms with Crippen LogP contribution in [0, 0.1) is 17.1 Å². The van der Waals surface area contributed by atoms with Gasteiger partial charge in [0.05, 0.1) is 23.3 Å². The molecule has 0 unspecified atom stereocenters. The van der Waals surface area contributed by atoms with Crippen molar-refractivity contribution in [2.75, 3.05) is 7.05 Å². The zero-order valence-electron chi connectivity index (χ0n) is 21.8. The highest BCUT2D eigenvalue weighted by Crippen LogP contribution is 2.30. The van der Waals surface area contributed by atoms with Crippen molar-refractivity contribution < 1.29 is 14.0 Å². The first kappa shape index (κ1) is 26.7. The van der Waals surface area contributed by atoms with Gasteiger partial charge in [0.1, 0.15) is 11.6 Å². The average molecular weight is 506 g/mol. The largest absolute Gasteiger partial charge is 0.344 e. The molecule has 7 nitrogen and oxygen atoms in total. The van der Waals surface area contributed by atoms with E-state index in [-0.39, 0.29) is 29.1 Å². The number of hydrogen-bond acceptors (Lipinski definition) is 5. The molecule has 0 spiro atoms. The highest BCUT2D eigenvalue weighted by Gasteiger charge is 2.36. The molecule has 3 atom stereocenters. The van der Waals surface area contributed by atoms with Crippen molar-refractivity contribution in [3.63, 3.8) is 0 Å². The Bertz CT molecular complexity index is 1280. The number of carbonyl (C=O) groups excluding carboxylic acids is 2. The van der Waals surface area contributed by atoms with E-state index >= 15 is 0 Å². The molecule has 1 amide bonds. The number of likely N-dealkylation sites (N-methyl/N-ethyl adjacent to an activating group) is 1. The summed E-state index contributed by atoms with van der Waals surface area (Å²) < 4.78 is 15.7. The van der Waals surface area contributed by atoms with Crippen molar-refractivity contribution in [3.05, 3.63) is 60.2 Å². The third-order valence-electron chi connectivity index (χ3n) is 7.62. The lowest BCUT2D eigenvalue weighted by Gasteiger charge is -2.32. The van der Waals surface area contributed by atoms with Crippen molar-refractivity contribution in [1.82, 2.24) is 20.2 Å². The Balaban J connectivity index is 1.62. The zero-order valence-corrected chi connectivity index (χ0v) is 21.8. The maximum Gasteiger partial charge on any atom is 0.237 e. The lowest BCUT2D eigenvalue weighted by molar-refractivity contribution is -0.127. The van der Waals surface area contributed by atoms with E-state index in [1.54, 1.807) is 26.2 Å².